The number of rotatable bonds is 5. The van der Waals surface area contributed by atoms with Gasteiger partial charge in [0.15, 0.2) is 0 Å². The first-order valence-corrected chi connectivity index (χ1v) is 9.72. The molecule has 0 radical (unpaired) electrons. The lowest BCUT2D eigenvalue weighted by atomic mass is 9.98. The van der Waals surface area contributed by atoms with Gasteiger partial charge in [0.2, 0.25) is 5.91 Å². The van der Waals surface area contributed by atoms with Gasteiger partial charge >= 0.3 is 0 Å². The number of amides is 1. The molecule has 2 aromatic rings. The highest BCUT2D eigenvalue weighted by molar-refractivity contribution is 8.00. The van der Waals surface area contributed by atoms with Crippen LogP contribution in [0.2, 0.25) is 0 Å². The number of hydrogen-bond donors (Lipinski definition) is 0. The Labute approximate surface area is 159 Å². The van der Waals surface area contributed by atoms with Crippen molar-refractivity contribution in [3.63, 3.8) is 0 Å². The second-order valence-electron chi connectivity index (χ2n) is 6.99. The van der Waals surface area contributed by atoms with Gasteiger partial charge in [-0.3, -0.25) is 4.79 Å². The maximum atomic E-state index is 12.9. The Morgan fingerprint density at radius 3 is 2.73 bits per heavy atom. The van der Waals surface area contributed by atoms with Gasteiger partial charge < -0.3 is 14.4 Å². The summed E-state index contributed by atoms with van der Waals surface area (Å²) < 4.78 is 11.3. The van der Waals surface area contributed by atoms with Gasteiger partial charge in [-0.15, -0.1) is 11.8 Å². The van der Waals surface area contributed by atoms with Gasteiger partial charge in [0, 0.05) is 4.90 Å². The summed E-state index contributed by atoms with van der Waals surface area (Å²) in [5.74, 6) is 1.34. The van der Waals surface area contributed by atoms with Crippen molar-refractivity contribution in [2.24, 2.45) is 0 Å². The molecule has 1 atom stereocenters. The van der Waals surface area contributed by atoms with E-state index in [0.29, 0.717) is 18.9 Å². The molecule has 2 aromatic carbocycles. The van der Waals surface area contributed by atoms with Crippen molar-refractivity contribution in [2.45, 2.75) is 30.4 Å². The van der Waals surface area contributed by atoms with E-state index in [1.54, 1.807) is 7.11 Å². The van der Waals surface area contributed by atoms with Crippen molar-refractivity contribution in [2.75, 3.05) is 26.0 Å². The van der Waals surface area contributed by atoms with Crippen LogP contribution in [0.5, 0.6) is 5.75 Å². The van der Waals surface area contributed by atoms with Crippen molar-refractivity contribution < 1.29 is 14.3 Å². The summed E-state index contributed by atoms with van der Waals surface area (Å²) in [6, 6.07) is 17.9. The van der Waals surface area contributed by atoms with Gasteiger partial charge in [0.25, 0.3) is 0 Å². The largest absolute Gasteiger partial charge is 0.497 e. The number of hydrogen-bond acceptors (Lipinski definition) is 4. The molecule has 0 spiro atoms. The van der Waals surface area contributed by atoms with Crippen molar-refractivity contribution >= 4 is 17.7 Å². The van der Waals surface area contributed by atoms with Crippen LogP contribution in [0.15, 0.2) is 59.5 Å². The van der Waals surface area contributed by atoms with Crippen LogP contribution < -0.4 is 4.74 Å². The minimum absolute atomic E-state index is 0.0741. The summed E-state index contributed by atoms with van der Waals surface area (Å²) in [4.78, 5) is 15.9. The molecule has 1 aliphatic rings. The van der Waals surface area contributed by atoms with E-state index in [1.165, 1.54) is 11.8 Å². The number of nitrogens with zero attached hydrogens (tertiary/aromatic N) is 1. The third kappa shape index (κ3) is 4.40. The predicted octanol–water partition coefficient (Wildman–Crippen LogP) is 4.17. The molecule has 1 unspecified atom stereocenters. The van der Waals surface area contributed by atoms with E-state index < -0.39 is 0 Å². The van der Waals surface area contributed by atoms with E-state index in [2.05, 4.69) is 26.0 Å². The van der Waals surface area contributed by atoms with E-state index >= 15 is 0 Å². The van der Waals surface area contributed by atoms with Gasteiger partial charge in [0.1, 0.15) is 11.9 Å². The first kappa shape index (κ1) is 18.8. The number of thioether (sulfide) groups is 1. The molecule has 26 heavy (non-hydrogen) atoms. The van der Waals surface area contributed by atoms with E-state index in [4.69, 9.17) is 9.47 Å². The first-order chi connectivity index (χ1) is 12.5. The van der Waals surface area contributed by atoms with Gasteiger partial charge in [-0.25, -0.2) is 0 Å². The van der Waals surface area contributed by atoms with Gasteiger partial charge in [0.05, 0.1) is 31.6 Å². The minimum Gasteiger partial charge on any atom is -0.497 e. The SMILES string of the molecule is COc1cccc(SCC(=O)N2CC(c3ccccc3)OCC2(C)C)c1. The first-order valence-electron chi connectivity index (χ1n) is 8.73. The number of ether oxygens (including phenoxy) is 2. The van der Waals surface area contributed by atoms with E-state index in [1.807, 2.05) is 47.4 Å². The smallest absolute Gasteiger partial charge is 0.233 e. The number of methoxy groups -OCH3 is 1. The third-order valence-corrected chi connectivity index (χ3v) is 5.57. The maximum Gasteiger partial charge on any atom is 0.233 e. The fraction of sp³-hybridized carbons (Fsp3) is 0.381. The lowest BCUT2D eigenvalue weighted by molar-refractivity contribution is -0.152. The average Bonchev–Trinajstić information content (AvgIpc) is 2.67. The molecule has 1 saturated heterocycles. The van der Waals surface area contributed by atoms with Crippen molar-refractivity contribution in [3.05, 3.63) is 60.2 Å². The van der Waals surface area contributed by atoms with Gasteiger partial charge in [-0.2, -0.15) is 0 Å². The Hall–Kier alpha value is -1.98. The summed E-state index contributed by atoms with van der Waals surface area (Å²) in [5.41, 5.74) is 0.804. The molecule has 0 saturated carbocycles. The van der Waals surface area contributed by atoms with Gasteiger partial charge in [-0.1, -0.05) is 36.4 Å². The lowest BCUT2D eigenvalue weighted by Gasteiger charge is -2.45. The number of benzene rings is 2. The summed E-state index contributed by atoms with van der Waals surface area (Å²) >= 11 is 1.54. The average molecular weight is 372 g/mol. The Kier molecular flexibility index (Phi) is 5.89. The summed E-state index contributed by atoms with van der Waals surface area (Å²) in [5, 5.41) is 0. The lowest BCUT2D eigenvalue weighted by Crippen LogP contribution is -2.56. The zero-order valence-electron chi connectivity index (χ0n) is 15.5. The standard InChI is InChI=1S/C21H25NO3S/c1-21(2)15-25-19(16-8-5-4-6-9-16)13-22(21)20(23)14-26-18-11-7-10-17(12-18)24-3/h4-12,19H,13-15H2,1-3H3. The van der Waals surface area contributed by atoms with Crippen LogP contribution in [0.3, 0.4) is 0 Å². The second kappa shape index (κ2) is 8.14. The molecule has 0 bridgehead atoms. The fourth-order valence-electron chi connectivity index (χ4n) is 3.07. The number of carbonyl (C=O) groups is 1. The molecule has 3 rings (SSSR count). The van der Waals surface area contributed by atoms with Crippen LogP contribution in [0.1, 0.15) is 25.5 Å². The topological polar surface area (TPSA) is 38.8 Å². The van der Waals surface area contributed by atoms with Crippen LogP contribution in [-0.2, 0) is 9.53 Å². The molecular weight excluding hydrogens is 346 g/mol. The molecule has 1 fully saturated rings. The zero-order valence-corrected chi connectivity index (χ0v) is 16.3. The molecule has 138 valence electrons. The van der Waals surface area contributed by atoms with Crippen LogP contribution >= 0.6 is 11.8 Å². The van der Waals surface area contributed by atoms with Crippen molar-refractivity contribution in [3.8, 4) is 5.75 Å². The second-order valence-corrected chi connectivity index (χ2v) is 8.04. The zero-order chi connectivity index (χ0) is 18.6. The molecule has 0 aliphatic carbocycles. The Morgan fingerprint density at radius 2 is 2.00 bits per heavy atom. The quantitative estimate of drug-likeness (QED) is 0.740. The molecule has 0 aromatic heterocycles. The predicted molar refractivity (Wildman–Crippen MR) is 105 cm³/mol. The molecule has 1 aliphatic heterocycles. The Balaban J connectivity index is 1.67. The van der Waals surface area contributed by atoms with Crippen LogP contribution in [0.25, 0.3) is 0 Å². The number of morpholine rings is 1. The van der Waals surface area contributed by atoms with Crippen molar-refractivity contribution in [1.82, 2.24) is 4.90 Å². The van der Waals surface area contributed by atoms with Crippen LogP contribution in [-0.4, -0.2) is 42.4 Å². The molecule has 1 amide bonds. The summed E-state index contributed by atoms with van der Waals surface area (Å²) in [7, 11) is 1.65. The molecule has 4 nitrogen and oxygen atoms in total. The number of carbonyl (C=O) groups excluding carboxylic acids is 1. The normalized spacial score (nSPS) is 19.2. The highest BCUT2D eigenvalue weighted by Crippen LogP contribution is 2.31. The molecular formula is C21H25NO3S. The van der Waals surface area contributed by atoms with Crippen LogP contribution in [0, 0.1) is 0 Å². The van der Waals surface area contributed by atoms with E-state index in [0.717, 1.165) is 16.2 Å². The highest BCUT2D eigenvalue weighted by atomic mass is 32.2. The third-order valence-electron chi connectivity index (χ3n) is 4.59. The summed E-state index contributed by atoms with van der Waals surface area (Å²) in [6.07, 6.45) is -0.0741. The van der Waals surface area contributed by atoms with E-state index in [9.17, 15) is 4.79 Å². The summed E-state index contributed by atoms with van der Waals surface area (Å²) in [6.45, 7) is 5.22. The highest BCUT2D eigenvalue weighted by Gasteiger charge is 2.38. The molecule has 5 heteroatoms. The van der Waals surface area contributed by atoms with Crippen LogP contribution in [0.4, 0.5) is 0 Å². The Morgan fingerprint density at radius 1 is 1.23 bits per heavy atom. The monoisotopic (exact) mass is 371 g/mol. The molecule has 1 heterocycles. The Bertz CT molecular complexity index is 748. The minimum atomic E-state index is -0.308. The molecule has 0 N–H and O–H groups in total. The van der Waals surface area contributed by atoms with Crippen molar-refractivity contribution in [1.29, 1.82) is 0 Å². The fourth-order valence-corrected chi connectivity index (χ4v) is 3.89. The van der Waals surface area contributed by atoms with Gasteiger partial charge in [-0.05, 0) is 37.6 Å². The van der Waals surface area contributed by atoms with E-state index in [-0.39, 0.29) is 17.6 Å². The maximum absolute atomic E-state index is 12.9.